The Hall–Kier alpha value is -2.37. The molecule has 102 valence electrons. The van der Waals surface area contributed by atoms with Gasteiger partial charge in [-0.2, -0.15) is 18.4 Å². The van der Waals surface area contributed by atoms with Gasteiger partial charge < -0.3 is 5.32 Å². The van der Waals surface area contributed by atoms with E-state index in [1.54, 1.807) is 6.07 Å². The van der Waals surface area contributed by atoms with Gasteiger partial charge >= 0.3 is 6.18 Å². The zero-order chi connectivity index (χ0) is 14.6. The van der Waals surface area contributed by atoms with Crippen molar-refractivity contribution in [3.63, 3.8) is 0 Å². The van der Waals surface area contributed by atoms with Crippen LogP contribution in [0.15, 0.2) is 12.3 Å². The molecule has 0 aromatic carbocycles. The fourth-order valence-electron chi connectivity index (χ4n) is 1.39. The molecule has 1 rings (SSSR count). The van der Waals surface area contributed by atoms with Gasteiger partial charge in [-0.15, -0.1) is 0 Å². The number of aromatic nitrogens is 1. The molecule has 0 bridgehead atoms. The third-order valence-electron chi connectivity index (χ3n) is 2.13. The Balaban J connectivity index is 2.90. The standard InChI is InChI=1S/C10H9F3N4O2/c1-6(3-10(11,12)13)16-9-7(4-14)2-8(5-15-9)17(18)19/h2,5-6H,3H2,1H3,(H,15,16). The van der Waals surface area contributed by atoms with Crippen molar-refractivity contribution >= 4 is 11.5 Å². The molecule has 1 atom stereocenters. The second-order valence-corrected chi connectivity index (χ2v) is 3.82. The van der Waals surface area contributed by atoms with Crippen molar-refractivity contribution in [2.75, 3.05) is 5.32 Å². The van der Waals surface area contributed by atoms with Crippen molar-refractivity contribution < 1.29 is 18.1 Å². The first kappa shape index (κ1) is 14.7. The van der Waals surface area contributed by atoms with Crippen molar-refractivity contribution in [2.24, 2.45) is 0 Å². The first-order valence-corrected chi connectivity index (χ1v) is 5.10. The van der Waals surface area contributed by atoms with Crippen LogP contribution in [0.1, 0.15) is 18.9 Å². The molecule has 0 radical (unpaired) electrons. The summed E-state index contributed by atoms with van der Waals surface area (Å²) >= 11 is 0. The average molecular weight is 274 g/mol. The quantitative estimate of drug-likeness (QED) is 0.673. The molecule has 0 fully saturated rings. The highest BCUT2D eigenvalue weighted by Crippen LogP contribution is 2.24. The molecule has 9 heteroatoms. The van der Waals surface area contributed by atoms with Crippen LogP contribution in [0.25, 0.3) is 0 Å². The summed E-state index contributed by atoms with van der Waals surface area (Å²) in [5.41, 5.74) is -0.575. The number of halogens is 3. The molecule has 1 aromatic heterocycles. The molecule has 0 saturated heterocycles. The van der Waals surface area contributed by atoms with Gasteiger partial charge in [-0.25, -0.2) is 4.98 Å². The van der Waals surface area contributed by atoms with Crippen molar-refractivity contribution in [3.8, 4) is 6.07 Å². The molecule has 19 heavy (non-hydrogen) atoms. The predicted molar refractivity (Wildman–Crippen MR) is 59.4 cm³/mol. The average Bonchev–Trinajstić information content (AvgIpc) is 2.26. The summed E-state index contributed by atoms with van der Waals surface area (Å²) in [4.78, 5) is 13.3. The van der Waals surface area contributed by atoms with E-state index in [1.165, 1.54) is 6.92 Å². The lowest BCUT2D eigenvalue weighted by atomic mass is 10.2. The number of nitrogens with one attached hydrogen (secondary N) is 1. The van der Waals surface area contributed by atoms with E-state index in [0.29, 0.717) is 0 Å². The highest BCUT2D eigenvalue weighted by Gasteiger charge is 2.30. The predicted octanol–water partition coefficient (Wildman–Crippen LogP) is 2.61. The van der Waals surface area contributed by atoms with Crippen molar-refractivity contribution in [1.29, 1.82) is 5.26 Å². The highest BCUT2D eigenvalue weighted by atomic mass is 19.4. The topological polar surface area (TPSA) is 91.8 Å². The van der Waals surface area contributed by atoms with E-state index in [1.807, 2.05) is 0 Å². The zero-order valence-electron chi connectivity index (χ0n) is 9.73. The Kier molecular flexibility index (Phi) is 4.26. The first-order chi connectivity index (χ1) is 8.73. The Morgan fingerprint density at radius 2 is 2.26 bits per heavy atom. The molecule has 0 aliphatic heterocycles. The van der Waals surface area contributed by atoms with Crippen LogP contribution in [0.4, 0.5) is 24.7 Å². The number of hydrogen-bond donors (Lipinski definition) is 1. The molecule has 1 unspecified atom stereocenters. The van der Waals surface area contributed by atoms with Crippen LogP contribution in [0.3, 0.4) is 0 Å². The SMILES string of the molecule is CC(CC(F)(F)F)Nc1ncc([N+](=O)[O-])cc1C#N. The van der Waals surface area contributed by atoms with Gasteiger partial charge in [0.25, 0.3) is 5.69 Å². The molecule has 0 saturated carbocycles. The van der Waals surface area contributed by atoms with Crippen LogP contribution in [-0.4, -0.2) is 22.1 Å². The molecule has 1 N–H and O–H groups in total. The molecule has 0 aliphatic rings. The Morgan fingerprint density at radius 1 is 1.63 bits per heavy atom. The van der Waals surface area contributed by atoms with E-state index in [-0.39, 0.29) is 11.4 Å². The van der Waals surface area contributed by atoms with Gasteiger partial charge in [-0.3, -0.25) is 10.1 Å². The number of nitro groups is 1. The van der Waals surface area contributed by atoms with Crippen LogP contribution in [-0.2, 0) is 0 Å². The molecule has 1 aromatic rings. The van der Waals surface area contributed by atoms with Crippen LogP contribution < -0.4 is 5.32 Å². The van der Waals surface area contributed by atoms with Crippen LogP contribution in [0.2, 0.25) is 0 Å². The summed E-state index contributed by atoms with van der Waals surface area (Å²) < 4.78 is 36.4. The monoisotopic (exact) mass is 274 g/mol. The lowest BCUT2D eigenvalue weighted by Crippen LogP contribution is -2.24. The van der Waals surface area contributed by atoms with Gasteiger partial charge in [0.1, 0.15) is 23.6 Å². The second kappa shape index (κ2) is 5.51. The van der Waals surface area contributed by atoms with E-state index in [2.05, 4.69) is 10.3 Å². The minimum Gasteiger partial charge on any atom is -0.366 e. The Bertz CT molecular complexity index is 524. The zero-order valence-corrected chi connectivity index (χ0v) is 9.73. The summed E-state index contributed by atoms with van der Waals surface area (Å²) in [5.74, 6) is -0.107. The maximum absolute atomic E-state index is 12.1. The Morgan fingerprint density at radius 3 is 2.74 bits per heavy atom. The molecule has 1 heterocycles. The van der Waals surface area contributed by atoms with Crippen molar-refractivity contribution in [1.82, 2.24) is 4.98 Å². The molecular weight excluding hydrogens is 265 g/mol. The number of pyridine rings is 1. The maximum atomic E-state index is 12.1. The summed E-state index contributed by atoms with van der Waals surface area (Å²) in [7, 11) is 0. The van der Waals surface area contributed by atoms with Gasteiger partial charge in [0.2, 0.25) is 0 Å². The second-order valence-electron chi connectivity index (χ2n) is 3.82. The Labute approximate surface area is 106 Å². The van der Waals surface area contributed by atoms with Crippen LogP contribution in [0, 0.1) is 21.4 Å². The third-order valence-corrected chi connectivity index (χ3v) is 2.13. The van der Waals surface area contributed by atoms with Crippen LogP contribution >= 0.6 is 0 Å². The maximum Gasteiger partial charge on any atom is 0.391 e. The van der Waals surface area contributed by atoms with Gasteiger partial charge in [0.15, 0.2) is 0 Å². The van der Waals surface area contributed by atoms with Crippen LogP contribution in [0.5, 0.6) is 0 Å². The summed E-state index contributed by atoms with van der Waals surface area (Å²) in [6.45, 7) is 1.28. The number of rotatable bonds is 4. The normalized spacial score (nSPS) is 12.6. The van der Waals surface area contributed by atoms with Gasteiger partial charge in [-0.1, -0.05) is 0 Å². The molecule has 0 amide bonds. The first-order valence-electron chi connectivity index (χ1n) is 5.10. The number of alkyl halides is 3. The van der Waals surface area contributed by atoms with E-state index in [4.69, 9.17) is 5.26 Å². The number of anilines is 1. The number of nitriles is 1. The van der Waals surface area contributed by atoms with Gasteiger partial charge in [0, 0.05) is 12.1 Å². The van der Waals surface area contributed by atoms with Gasteiger partial charge in [-0.05, 0) is 6.92 Å². The molecule has 0 spiro atoms. The summed E-state index contributed by atoms with van der Waals surface area (Å²) in [5, 5.41) is 21.7. The smallest absolute Gasteiger partial charge is 0.366 e. The fraction of sp³-hybridized carbons (Fsp3) is 0.400. The van der Waals surface area contributed by atoms with E-state index in [0.717, 1.165) is 12.3 Å². The lowest BCUT2D eigenvalue weighted by molar-refractivity contribution is -0.385. The van der Waals surface area contributed by atoms with Crippen molar-refractivity contribution in [3.05, 3.63) is 27.9 Å². The van der Waals surface area contributed by atoms with E-state index < -0.39 is 29.2 Å². The molecular formula is C10H9F3N4O2. The lowest BCUT2D eigenvalue weighted by Gasteiger charge is -2.16. The number of hydrogen-bond acceptors (Lipinski definition) is 5. The van der Waals surface area contributed by atoms with Crippen molar-refractivity contribution in [2.45, 2.75) is 25.6 Å². The minimum atomic E-state index is -4.35. The fourth-order valence-corrected chi connectivity index (χ4v) is 1.39. The van der Waals surface area contributed by atoms with Gasteiger partial charge in [0.05, 0.1) is 11.3 Å². The molecule has 0 aliphatic carbocycles. The molecule has 6 nitrogen and oxygen atoms in total. The largest absolute Gasteiger partial charge is 0.391 e. The summed E-state index contributed by atoms with van der Waals surface area (Å²) in [6, 6.07) is 1.60. The van der Waals surface area contributed by atoms with E-state index in [9.17, 15) is 23.3 Å². The minimum absolute atomic E-state index is 0.107. The summed E-state index contributed by atoms with van der Waals surface area (Å²) in [6.07, 6.45) is -4.57. The highest BCUT2D eigenvalue weighted by molar-refractivity contribution is 5.55. The third kappa shape index (κ3) is 4.42. The number of nitrogens with zero attached hydrogens (tertiary/aromatic N) is 3. The van der Waals surface area contributed by atoms with E-state index >= 15 is 0 Å².